The zero-order valence-corrected chi connectivity index (χ0v) is 21.1. The first-order chi connectivity index (χ1) is 15.3. The van der Waals surface area contributed by atoms with Gasteiger partial charge in [0.15, 0.2) is 0 Å². The molecular weight excluding hydrogens is 396 g/mol. The van der Waals surface area contributed by atoms with Crippen LogP contribution in [-0.4, -0.2) is 14.8 Å². The average Bonchev–Trinajstić information content (AvgIpc) is 2.82. The van der Waals surface area contributed by atoms with Crippen LogP contribution >= 0.6 is 0 Å². The van der Waals surface area contributed by atoms with E-state index in [9.17, 15) is 4.80 Å². The van der Waals surface area contributed by atoms with E-state index in [0.717, 1.165) is 24.0 Å². The first kappa shape index (κ1) is 25.8. The van der Waals surface area contributed by atoms with Crippen LogP contribution < -0.4 is 0 Å². The molecule has 0 atom stereocenters. The van der Waals surface area contributed by atoms with E-state index in [1.807, 2.05) is 12.1 Å². The highest BCUT2D eigenvalue weighted by Crippen LogP contribution is 2.38. The predicted molar refractivity (Wildman–Crippen MR) is 136 cm³/mol. The highest BCUT2D eigenvalue weighted by molar-refractivity contribution is 6.16. The van der Waals surface area contributed by atoms with Gasteiger partial charge in [0.25, 0.3) is 0 Å². The van der Waals surface area contributed by atoms with Crippen molar-refractivity contribution in [2.75, 3.05) is 0 Å². The van der Waals surface area contributed by atoms with Crippen LogP contribution in [0.3, 0.4) is 0 Å². The molecule has 0 aliphatic rings. The molecule has 0 fully saturated rings. The lowest BCUT2D eigenvalue weighted by Crippen LogP contribution is -2.33. The van der Waals surface area contributed by atoms with Crippen LogP contribution in [0.1, 0.15) is 108 Å². The molecule has 0 amide bonds. The van der Waals surface area contributed by atoms with Gasteiger partial charge in [-0.3, -0.25) is 0 Å². The van der Waals surface area contributed by atoms with E-state index in [0.29, 0.717) is 0 Å². The zero-order valence-electron chi connectivity index (χ0n) is 19.7. The molecule has 0 saturated carbocycles. The highest BCUT2D eigenvalue weighted by Gasteiger charge is 2.34. The molecule has 0 aromatic heterocycles. The summed E-state index contributed by atoms with van der Waals surface area (Å²) < 4.78 is 6.20. The first-order valence-corrected chi connectivity index (χ1v) is 13.9. The van der Waals surface area contributed by atoms with Crippen molar-refractivity contribution >= 4 is 10.0 Å². The number of unbranched alkanes of at least 4 members (excludes halogenated alkanes) is 12. The van der Waals surface area contributed by atoms with Gasteiger partial charge < -0.3 is 9.22 Å². The summed E-state index contributed by atoms with van der Waals surface area (Å²) in [6.45, 7) is 2.28. The fraction of sp³-hybridized carbons (Fsp3) is 0.571. The SMILES string of the molecule is CCCCCCCCCCCCCCCC(O[SiH2]O)(c1ccccc1)c1ccccc1. The molecule has 2 rings (SSSR count). The van der Waals surface area contributed by atoms with Crippen molar-refractivity contribution < 1.29 is 9.22 Å². The fourth-order valence-electron chi connectivity index (χ4n) is 4.61. The summed E-state index contributed by atoms with van der Waals surface area (Å²) in [6, 6.07) is 20.9. The third kappa shape index (κ3) is 9.30. The maximum Gasteiger partial charge on any atom is 0.302 e. The largest absolute Gasteiger partial charge is 0.415 e. The van der Waals surface area contributed by atoms with Crippen molar-refractivity contribution in [2.24, 2.45) is 0 Å². The van der Waals surface area contributed by atoms with Gasteiger partial charge in [-0.25, -0.2) is 0 Å². The van der Waals surface area contributed by atoms with E-state index in [-0.39, 0.29) is 0 Å². The summed E-state index contributed by atoms with van der Waals surface area (Å²) >= 11 is 0. The smallest absolute Gasteiger partial charge is 0.302 e. The van der Waals surface area contributed by atoms with Crippen molar-refractivity contribution in [2.45, 2.75) is 102 Å². The van der Waals surface area contributed by atoms with Gasteiger partial charge in [0.2, 0.25) is 0 Å². The van der Waals surface area contributed by atoms with E-state index >= 15 is 0 Å². The van der Waals surface area contributed by atoms with Gasteiger partial charge in [0.1, 0.15) is 5.60 Å². The van der Waals surface area contributed by atoms with Gasteiger partial charge in [-0.1, -0.05) is 145 Å². The molecule has 0 aliphatic carbocycles. The topological polar surface area (TPSA) is 29.5 Å². The molecule has 0 unspecified atom stereocenters. The van der Waals surface area contributed by atoms with E-state index < -0.39 is 15.6 Å². The Morgan fingerprint density at radius 1 is 0.613 bits per heavy atom. The predicted octanol–water partition coefficient (Wildman–Crippen LogP) is 7.42. The van der Waals surface area contributed by atoms with Crippen molar-refractivity contribution in [1.82, 2.24) is 0 Å². The van der Waals surface area contributed by atoms with Crippen LogP contribution in [0.2, 0.25) is 0 Å². The molecule has 1 N–H and O–H groups in total. The maximum atomic E-state index is 9.85. The number of hydrogen-bond acceptors (Lipinski definition) is 2. The lowest BCUT2D eigenvalue weighted by atomic mass is 9.82. The summed E-state index contributed by atoms with van der Waals surface area (Å²) in [5.41, 5.74) is 1.80. The van der Waals surface area contributed by atoms with E-state index in [4.69, 9.17) is 4.43 Å². The highest BCUT2D eigenvalue weighted by atomic mass is 28.2. The fourth-order valence-corrected chi connectivity index (χ4v) is 5.31. The maximum absolute atomic E-state index is 9.85. The summed E-state index contributed by atoms with van der Waals surface area (Å²) in [4.78, 5) is 9.85. The van der Waals surface area contributed by atoms with Crippen LogP contribution in [-0.2, 0) is 10.0 Å². The summed E-state index contributed by atoms with van der Waals surface area (Å²) in [6.07, 6.45) is 18.5. The number of rotatable bonds is 18. The summed E-state index contributed by atoms with van der Waals surface area (Å²) in [5.74, 6) is 0. The van der Waals surface area contributed by atoms with Gasteiger partial charge >= 0.3 is 10.0 Å². The Kier molecular flexibility index (Phi) is 13.5. The molecule has 3 heteroatoms. The lowest BCUT2D eigenvalue weighted by Gasteiger charge is -2.35. The molecule has 0 radical (unpaired) electrons. The second-order valence-corrected chi connectivity index (χ2v) is 9.37. The van der Waals surface area contributed by atoms with Crippen LogP contribution in [0.15, 0.2) is 60.7 Å². The van der Waals surface area contributed by atoms with Crippen molar-refractivity contribution in [1.29, 1.82) is 0 Å². The van der Waals surface area contributed by atoms with E-state index in [1.165, 1.54) is 77.0 Å². The second-order valence-electron chi connectivity index (χ2n) is 8.83. The standard InChI is InChI=1S/C28H44O2Si/c1-2-3-4-5-6-7-8-9-10-11-12-13-20-25-28(30-31-29,26-21-16-14-17-22-26)27-23-18-15-19-24-27/h14-19,21-24,29H,2-13,20,25,31H2,1H3. The van der Waals surface area contributed by atoms with Gasteiger partial charge in [-0.05, 0) is 24.0 Å². The van der Waals surface area contributed by atoms with Gasteiger partial charge in [0, 0.05) is 0 Å². The minimum absolute atomic E-state index is 0.513. The molecule has 172 valence electrons. The van der Waals surface area contributed by atoms with Crippen molar-refractivity contribution in [3.8, 4) is 0 Å². The van der Waals surface area contributed by atoms with Crippen LogP contribution in [0.25, 0.3) is 0 Å². The summed E-state index contributed by atoms with van der Waals surface area (Å²) in [5, 5.41) is 0. The quantitative estimate of drug-likeness (QED) is 0.193. The Labute approximate surface area is 193 Å². The zero-order chi connectivity index (χ0) is 22.0. The Hall–Kier alpha value is -1.42. The lowest BCUT2D eigenvalue weighted by molar-refractivity contribution is 0.0833. The van der Waals surface area contributed by atoms with Crippen molar-refractivity contribution in [3.05, 3.63) is 71.8 Å². The molecule has 0 aliphatic heterocycles. The van der Waals surface area contributed by atoms with Gasteiger partial charge in [0.05, 0.1) is 0 Å². The summed E-state index contributed by atoms with van der Waals surface area (Å²) in [7, 11) is -1.54. The molecule has 2 aromatic carbocycles. The third-order valence-corrected chi connectivity index (χ3v) is 7.05. The minimum atomic E-state index is -1.54. The molecule has 2 aromatic rings. The Bertz CT molecular complexity index is 620. The Morgan fingerprint density at radius 2 is 1.00 bits per heavy atom. The van der Waals surface area contributed by atoms with Crippen molar-refractivity contribution in [3.63, 3.8) is 0 Å². The van der Waals surface area contributed by atoms with Crippen LogP contribution in [0, 0.1) is 0 Å². The second kappa shape index (κ2) is 16.2. The van der Waals surface area contributed by atoms with Crippen LogP contribution in [0.4, 0.5) is 0 Å². The monoisotopic (exact) mass is 440 g/mol. The first-order valence-electron chi connectivity index (χ1n) is 12.7. The molecular formula is C28H44O2Si. The van der Waals surface area contributed by atoms with E-state index in [2.05, 4.69) is 55.5 Å². The molecule has 0 heterocycles. The molecule has 0 saturated heterocycles. The van der Waals surface area contributed by atoms with Gasteiger partial charge in [-0.15, -0.1) is 0 Å². The third-order valence-electron chi connectivity index (χ3n) is 6.42. The normalized spacial score (nSPS) is 12.1. The Morgan fingerprint density at radius 3 is 1.39 bits per heavy atom. The molecule has 31 heavy (non-hydrogen) atoms. The average molecular weight is 441 g/mol. The molecule has 0 bridgehead atoms. The van der Waals surface area contributed by atoms with E-state index in [1.54, 1.807) is 0 Å². The molecule has 2 nitrogen and oxygen atoms in total. The minimum Gasteiger partial charge on any atom is -0.415 e. The van der Waals surface area contributed by atoms with Crippen LogP contribution in [0.5, 0.6) is 0 Å². The number of hydrogen-bond donors (Lipinski definition) is 1. The number of benzene rings is 2. The van der Waals surface area contributed by atoms with Gasteiger partial charge in [-0.2, -0.15) is 0 Å². The Balaban J connectivity index is 1.74. The molecule has 0 spiro atoms.